The van der Waals surface area contributed by atoms with Crippen LogP contribution in [0.3, 0.4) is 0 Å². The molecule has 0 N–H and O–H groups in total. The van der Waals surface area contributed by atoms with E-state index < -0.39 is 26.2 Å². The van der Waals surface area contributed by atoms with Gasteiger partial charge in [-0.3, -0.25) is 13.6 Å². The zero-order chi connectivity index (χ0) is 33.6. The molecular weight excluding hydrogens is 637 g/mol. The van der Waals surface area contributed by atoms with E-state index in [9.17, 15) is 9.36 Å². The number of phosphoric ester groups is 1. The molecule has 3 heterocycles. The number of quaternary nitrogens is 1. The molecule has 9 heteroatoms. The number of nitrogens with zero attached hydrogens (tertiary/aromatic N) is 1. The van der Waals surface area contributed by atoms with Crippen molar-refractivity contribution in [3.05, 3.63) is 144 Å². The quantitative estimate of drug-likeness (QED) is 0.0573. The van der Waals surface area contributed by atoms with E-state index in [1.807, 2.05) is 121 Å². The second kappa shape index (κ2) is 15.1. The van der Waals surface area contributed by atoms with Crippen molar-refractivity contribution in [3.8, 4) is 0 Å². The lowest BCUT2D eigenvalue weighted by Crippen LogP contribution is -2.60. The number of benzene rings is 4. The van der Waals surface area contributed by atoms with E-state index in [0.29, 0.717) is 23.2 Å². The van der Waals surface area contributed by atoms with Gasteiger partial charge in [0.1, 0.15) is 6.10 Å². The summed E-state index contributed by atoms with van der Waals surface area (Å²) in [6, 6.07) is 38.5. The fraction of sp³-hybridized carbons (Fsp3) is 0.375. The molecular formula is C40H45NO7P+. The molecule has 49 heavy (non-hydrogen) atoms. The summed E-state index contributed by atoms with van der Waals surface area (Å²) < 4.78 is 45.9. The zero-order valence-corrected chi connectivity index (χ0v) is 28.7. The first-order valence-corrected chi connectivity index (χ1v) is 18.9. The number of ether oxygens (including phenoxy) is 2. The molecule has 0 amide bonds. The number of phosphoric acid groups is 1. The van der Waals surface area contributed by atoms with Gasteiger partial charge >= 0.3 is 13.8 Å². The Kier molecular flexibility index (Phi) is 10.4. The summed E-state index contributed by atoms with van der Waals surface area (Å²) in [5, 5.41) is 0. The van der Waals surface area contributed by atoms with Gasteiger partial charge in [-0.15, -0.1) is 0 Å². The van der Waals surface area contributed by atoms with Crippen molar-refractivity contribution in [3.63, 3.8) is 0 Å². The van der Waals surface area contributed by atoms with Gasteiger partial charge < -0.3 is 14.0 Å². The molecule has 3 aliphatic heterocycles. The van der Waals surface area contributed by atoms with E-state index in [-0.39, 0.29) is 19.3 Å². The summed E-state index contributed by atoms with van der Waals surface area (Å²) >= 11 is 0. The first-order valence-electron chi connectivity index (χ1n) is 17.4. The van der Waals surface area contributed by atoms with Crippen molar-refractivity contribution in [2.45, 2.75) is 75.5 Å². The second-order valence-corrected chi connectivity index (χ2v) is 15.1. The van der Waals surface area contributed by atoms with Crippen LogP contribution in [0.2, 0.25) is 0 Å². The molecule has 2 unspecified atom stereocenters. The van der Waals surface area contributed by atoms with E-state index in [1.165, 1.54) is 43.3 Å². The van der Waals surface area contributed by atoms with Gasteiger partial charge in [0.25, 0.3) is 0 Å². The van der Waals surface area contributed by atoms with Crippen molar-refractivity contribution in [2.75, 3.05) is 19.9 Å². The van der Waals surface area contributed by atoms with Crippen LogP contribution in [0.15, 0.2) is 121 Å². The molecule has 2 atom stereocenters. The first-order chi connectivity index (χ1) is 24.0. The van der Waals surface area contributed by atoms with E-state index in [4.69, 9.17) is 23.0 Å². The predicted molar refractivity (Wildman–Crippen MR) is 186 cm³/mol. The van der Waals surface area contributed by atoms with E-state index >= 15 is 0 Å². The Morgan fingerprint density at radius 1 is 0.653 bits per heavy atom. The molecule has 3 fully saturated rings. The topological polar surface area (TPSA) is 80.3 Å². The Morgan fingerprint density at radius 3 is 1.57 bits per heavy atom. The van der Waals surface area contributed by atoms with Crippen molar-refractivity contribution >= 4 is 13.8 Å². The monoisotopic (exact) mass is 682 g/mol. The number of hydrogen-bond acceptors (Lipinski definition) is 7. The highest BCUT2D eigenvalue weighted by Gasteiger charge is 2.57. The standard InChI is InChI=1S/C40H45NO7P/c42-39(48-38-27-36-23-24-37(28-38)41(36)25-13-14-26-41)40(34-19-9-3-10-20-34,35-21-11-4-12-22-35)44-31-47-49(43,45-29-32-15-5-1-6-16-32)46-30-33-17-7-2-8-18-33/h1-12,15-22,36-38H,13-14,23-31H2/q+1. The number of carbonyl (C=O) groups is 1. The molecule has 4 aromatic rings. The Hall–Kier alpha value is -3.62. The van der Waals surface area contributed by atoms with Crippen molar-refractivity contribution in [1.29, 1.82) is 0 Å². The molecule has 0 saturated carbocycles. The number of piperidine rings is 1. The van der Waals surface area contributed by atoms with Gasteiger partial charge in [0.2, 0.25) is 5.60 Å². The van der Waals surface area contributed by atoms with Crippen LogP contribution in [0.25, 0.3) is 0 Å². The van der Waals surface area contributed by atoms with E-state index in [0.717, 1.165) is 24.0 Å². The SMILES string of the molecule is O=C(OC1CC2CCC(C1)[N+]21CCCC1)C(OCOP(=O)(OCc1ccccc1)OCc1ccccc1)(c1ccccc1)c1ccccc1. The second-order valence-electron chi connectivity index (χ2n) is 13.4. The molecule has 0 aliphatic carbocycles. The van der Waals surface area contributed by atoms with Crippen LogP contribution in [-0.4, -0.2) is 48.5 Å². The van der Waals surface area contributed by atoms with Crippen LogP contribution in [0.1, 0.15) is 60.8 Å². The third kappa shape index (κ3) is 7.32. The van der Waals surface area contributed by atoms with Gasteiger partial charge in [-0.1, -0.05) is 121 Å². The summed E-state index contributed by atoms with van der Waals surface area (Å²) in [5.41, 5.74) is 1.09. The Balaban J connectivity index is 1.14. The average Bonchev–Trinajstić information content (AvgIpc) is 3.70. The molecule has 3 saturated heterocycles. The largest absolute Gasteiger partial charge is 0.477 e. The molecule has 1 spiro atoms. The lowest BCUT2D eigenvalue weighted by Gasteiger charge is -2.47. The van der Waals surface area contributed by atoms with Gasteiger partial charge in [-0.05, 0) is 22.3 Å². The molecule has 0 aromatic heterocycles. The smallest absolute Gasteiger partial charge is 0.459 e. The predicted octanol–water partition coefficient (Wildman–Crippen LogP) is 8.31. The third-order valence-corrected chi connectivity index (χ3v) is 11.9. The summed E-state index contributed by atoms with van der Waals surface area (Å²) in [5.74, 6) is -0.516. The Bertz CT molecular complexity index is 1600. The minimum absolute atomic E-state index is 0.00146. The highest BCUT2D eigenvalue weighted by atomic mass is 31.2. The molecule has 0 radical (unpaired) electrons. The number of rotatable bonds is 14. The van der Waals surface area contributed by atoms with Crippen LogP contribution >= 0.6 is 7.82 Å². The maximum Gasteiger partial charge on any atom is 0.477 e. The van der Waals surface area contributed by atoms with Gasteiger partial charge in [0.05, 0.1) is 38.4 Å². The Morgan fingerprint density at radius 2 is 1.10 bits per heavy atom. The number of carbonyl (C=O) groups excluding carboxylic acids is 1. The summed E-state index contributed by atoms with van der Waals surface area (Å²) in [6.45, 7) is 1.93. The van der Waals surface area contributed by atoms with Gasteiger partial charge in [-0.2, -0.15) is 0 Å². The first kappa shape index (κ1) is 33.9. The van der Waals surface area contributed by atoms with Crippen molar-refractivity contribution in [1.82, 2.24) is 0 Å². The fourth-order valence-electron chi connectivity index (χ4n) is 8.26. The fourth-order valence-corrected chi connectivity index (χ4v) is 9.28. The molecule has 4 aromatic carbocycles. The average molecular weight is 683 g/mol. The van der Waals surface area contributed by atoms with Crippen molar-refractivity contribution < 1.29 is 36.9 Å². The maximum absolute atomic E-state index is 14.7. The maximum atomic E-state index is 14.7. The lowest BCUT2D eigenvalue weighted by molar-refractivity contribution is -0.956. The number of esters is 1. The molecule has 3 aliphatic rings. The zero-order valence-electron chi connectivity index (χ0n) is 27.8. The Labute approximate surface area is 289 Å². The molecule has 7 rings (SSSR count). The van der Waals surface area contributed by atoms with E-state index in [1.54, 1.807) is 0 Å². The highest BCUT2D eigenvalue weighted by molar-refractivity contribution is 7.48. The third-order valence-electron chi connectivity index (χ3n) is 10.6. The number of hydrogen-bond donors (Lipinski definition) is 0. The highest BCUT2D eigenvalue weighted by Crippen LogP contribution is 2.52. The summed E-state index contributed by atoms with van der Waals surface area (Å²) in [4.78, 5) is 14.7. The van der Waals surface area contributed by atoms with Crippen LogP contribution in [0.4, 0.5) is 0 Å². The van der Waals surface area contributed by atoms with Crippen LogP contribution < -0.4 is 0 Å². The van der Waals surface area contributed by atoms with Crippen LogP contribution in [0.5, 0.6) is 0 Å². The molecule has 8 nitrogen and oxygen atoms in total. The minimum Gasteiger partial charge on any atom is -0.459 e. The van der Waals surface area contributed by atoms with Gasteiger partial charge in [0, 0.05) is 38.5 Å². The van der Waals surface area contributed by atoms with Gasteiger partial charge in [-0.25, -0.2) is 9.36 Å². The van der Waals surface area contributed by atoms with Gasteiger partial charge in [0.15, 0.2) is 6.79 Å². The molecule has 2 bridgehead atoms. The minimum atomic E-state index is -4.19. The van der Waals surface area contributed by atoms with Crippen molar-refractivity contribution in [2.24, 2.45) is 0 Å². The van der Waals surface area contributed by atoms with E-state index in [2.05, 4.69) is 0 Å². The summed E-state index contributed by atoms with van der Waals surface area (Å²) in [7, 11) is -4.19. The normalized spacial score (nSPS) is 21.5. The van der Waals surface area contributed by atoms with Crippen LogP contribution in [-0.2, 0) is 51.2 Å². The summed E-state index contributed by atoms with van der Waals surface area (Å²) in [6.07, 6.45) is 6.44. The molecule has 256 valence electrons. The lowest BCUT2D eigenvalue weighted by atomic mass is 9.85. The van der Waals surface area contributed by atoms with Crippen LogP contribution in [0, 0.1) is 0 Å².